The van der Waals surface area contributed by atoms with Gasteiger partial charge in [-0.25, -0.2) is 4.98 Å². The molecule has 0 aliphatic heterocycles. The number of ether oxygens (including phenoxy) is 1. The Morgan fingerprint density at radius 1 is 1.33 bits per heavy atom. The van der Waals surface area contributed by atoms with Crippen molar-refractivity contribution in [2.75, 3.05) is 0 Å². The number of pyridine rings is 1. The number of aromatic nitrogens is 1. The van der Waals surface area contributed by atoms with Gasteiger partial charge in [0, 0.05) is 22.8 Å². The van der Waals surface area contributed by atoms with Crippen molar-refractivity contribution in [3.63, 3.8) is 0 Å². The molecule has 0 aliphatic carbocycles. The molecule has 0 amide bonds. The second kappa shape index (κ2) is 5.69. The summed E-state index contributed by atoms with van der Waals surface area (Å²) in [5.41, 5.74) is 6.78. The molecule has 1 heterocycles. The zero-order valence-electron chi connectivity index (χ0n) is 9.73. The highest BCUT2D eigenvalue weighted by atomic mass is 79.9. The first kappa shape index (κ1) is 13.3. The third-order valence-corrected chi connectivity index (χ3v) is 3.18. The first-order chi connectivity index (χ1) is 8.56. The summed E-state index contributed by atoms with van der Waals surface area (Å²) in [4.78, 5) is 4.13. The van der Waals surface area contributed by atoms with Crippen molar-refractivity contribution in [3.05, 3.63) is 51.6 Å². The first-order valence-corrected chi connectivity index (χ1v) is 6.58. The van der Waals surface area contributed by atoms with E-state index in [2.05, 4.69) is 20.9 Å². The minimum atomic E-state index is -0.0595. The topological polar surface area (TPSA) is 48.1 Å². The second-order valence-electron chi connectivity index (χ2n) is 3.89. The Morgan fingerprint density at radius 2 is 2.11 bits per heavy atom. The standard InChI is InChI=1S/C13H12BrClN2O/c1-8(16)9-4-5-17-13(6-9)18-12-3-2-10(14)7-11(12)15/h2-8H,16H2,1H3. The summed E-state index contributed by atoms with van der Waals surface area (Å²) in [5, 5.41) is 0.525. The van der Waals surface area contributed by atoms with Gasteiger partial charge in [-0.05, 0) is 36.8 Å². The molecule has 94 valence electrons. The molecule has 0 spiro atoms. The highest BCUT2D eigenvalue weighted by Gasteiger charge is 2.06. The van der Waals surface area contributed by atoms with Crippen LogP contribution in [0.3, 0.4) is 0 Å². The van der Waals surface area contributed by atoms with Gasteiger partial charge in [-0.1, -0.05) is 27.5 Å². The Balaban J connectivity index is 2.25. The Kier molecular flexibility index (Phi) is 4.22. The van der Waals surface area contributed by atoms with Gasteiger partial charge in [0.25, 0.3) is 0 Å². The highest BCUT2D eigenvalue weighted by molar-refractivity contribution is 9.10. The van der Waals surface area contributed by atoms with Gasteiger partial charge >= 0.3 is 0 Å². The molecule has 0 aliphatic rings. The van der Waals surface area contributed by atoms with Crippen molar-refractivity contribution in [3.8, 4) is 11.6 Å². The van der Waals surface area contributed by atoms with Gasteiger partial charge in [0.15, 0.2) is 0 Å². The van der Waals surface area contributed by atoms with Crippen molar-refractivity contribution in [1.29, 1.82) is 0 Å². The summed E-state index contributed by atoms with van der Waals surface area (Å²) in [5.74, 6) is 1.04. The van der Waals surface area contributed by atoms with Crippen LogP contribution < -0.4 is 10.5 Å². The zero-order chi connectivity index (χ0) is 13.1. The molecule has 2 aromatic rings. The molecule has 1 unspecified atom stereocenters. The van der Waals surface area contributed by atoms with Crippen LogP contribution in [0.5, 0.6) is 11.6 Å². The fourth-order valence-electron chi connectivity index (χ4n) is 1.43. The van der Waals surface area contributed by atoms with Crippen LogP contribution in [0.25, 0.3) is 0 Å². The van der Waals surface area contributed by atoms with Crippen LogP contribution in [0.2, 0.25) is 5.02 Å². The Hall–Kier alpha value is -1.10. The van der Waals surface area contributed by atoms with E-state index in [9.17, 15) is 0 Å². The largest absolute Gasteiger partial charge is 0.437 e. The van der Waals surface area contributed by atoms with E-state index in [0.29, 0.717) is 16.7 Å². The molecule has 1 aromatic carbocycles. The summed E-state index contributed by atoms with van der Waals surface area (Å²) < 4.78 is 6.54. The van der Waals surface area contributed by atoms with E-state index in [1.54, 1.807) is 18.3 Å². The smallest absolute Gasteiger partial charge is 0.219 e. The van der Waals surface area contributed by atoms with Gasteiger partial charge in [-0.2, -0.15) is 0 Å². The average molecular weight is 328 g/mol. The minimum Gasteiger partial charge on any atom is -0.437 e. The molecule has 0 bridgehead atoms. The van der Waals surface area contributed by atoms with Crippen molar-refractivity contribution >= 4 is 27.5 Å². The number of halogens is 2. The van der Waals surface area contributed by atoms with Gasteiger partial charge in [0.2, 0.25) is 5.88 Å². The third kappa shape index (κ3) is 3.22. The van der Waals surface area contributed by atoms with Crippen molar-refractivity contribution in [2.45, 2.75) is 13.0 Å². The van der Waals surface area contributed by atoms with Crippen molar-refractivity contribution in [1.82, 2.24) is 4.98 Å². The molecule has 3 nitrogen and oxygen atoms in total. The number of nitrogens with zero attached hydrogens (tertiary/aromatic N) is 1. The van der Waals surface area contributed by atoms with Gasteiger partial charge in [0.1, 0.15) is 5.75 Å². The van der Waals surface area contributed by atoms with Crippen LogP contribution in [0.4, 0.5) is 0 Å². The predicted molar refractivity (Wildman–Crippen MR) is 76.1 cm³/mol. The van der Waals surface area contributed by atoms with E-state index >= 15 is 0 Å². The molecule has 0 saturated carbocycles. The number of hydrogen-bond donors (Lipinski definition) is 1. The van der Waals surface area contributed by atoms with Crippen LogP contribution in [-0.4, -0.2) is 4.98 Å². The maximum atomic E-state index is 6.07. The maximum Gasteiger partial charge on any atom is 0.219 e. The number of benzene rings is 1. The van der Waals surface area contributed by atoms with Gasteiger partial charge in [-0.15, -0.1) is 0 Å². The van der Waals surface area contributed by atoms with Gasteiger partial charge in [-0.3, -0.25) is 0 Å². The molecule has 0 radical (unpaired) electrons. The number of nitrogens with two attached hydrogens (primary N) is 1. The molecule has 5 heteroatoms. The molecule has 2 N–H and O–H groups in total. The molecule has 18 heavy (non-hydrogen) atoms. The Morgan fingerprint density at radius 3 is 2.78 bits per heavy atom. The normalized spacial score (nSPS) is 12.2. The average Bonchev–Trinajstić information content (AvgIpc) is 2.33. The minimum absolute atomic E-state index is 0.0595. The van der Waals surface area contributed by atoms with Crippen LogP contribution in [0, 0.1) is 0 Å². The molecule has 1 aromatic heterocycles. The van der Waals surface area contributed by atoms with E-state index in [1.165, 1.54) is 0 Å². The lowest BCUT2D eigenvalue weighted by atomic mass is 10.1. The third-order valence-electron chi connectivity index (χ3n) is 2.39. The van der Waals surface area contributed by atoms with Crippen LogP contribution >= 0.6 is 27.5 Å². The van der Waals surface area contributed by atoms with Crippen LogP contribution in [0.15, 0.2) is 41.0 Å². The molecular formula is C13H12BrClN2O. The molecule has 2 rings (SSSR count). The second-order valence-corrected chi connectivity index (χ2v) is 5.22. The number of hydrogen-bond acceptors (Lipinski definition) is 3. The quantitative estimate of drug-likeness (QED) is 0.914. The van der Waals surface area contributed by atoms with E-state index in [0.717, 1.165) is 10.0 Å². The van der Waals surface area contributed by atoms with Crippen LogP contribution in [0.1, 0.15) is 18.5 Å². The van der Waals surface area contributed by atoms with E-state index in [-0.39, 0.29) is 6.04 Å². The van der Waals surface area contributed by atoms with Crippen molar-refractivity contribution in [2.24, 2.45) is 5.73 Å². The maximum absolute atomic E-state index is 6.07. The lowest BCUT2D eigenvalue weighted by Gasteiger charge is -2.09. The fraction of sp³-hybridized carbons (Fsp3) is 0.154. The van der Waals surface area contributed by atoms with Gasteiger partial charge < -0.3 is 10.5 Å². The Bertz CT molecular complexity index is 560. The zero-order valence-corrected chi connectivity index (χ0v) is 12.1. The van der Waals surface area contributed by atoms with Crippen LogP contribution in [-0.2, 0) is 0 Å². The van der Waals surface area contributed by atoms with Crippen molar-refractivity contribution < 1.29 is 4.74 Å². The summed E-state index contributed by atoms with van der Waals surface area (Å²) in [6.07, 6.45) is 1.67. The van der Waals surface area contributed by atoms with E-state index in [4.69, 9.17) is 22.1 Å². The monoisotopic (exact) mass is 326 g/mol. The summed E-state index contributed by atoms with van der Waals surface area (Å²) in [7, 11) is 0. The lowest BCUT2D eigenvalue weighted by Crippen LogP contribution is -2.05. The summed E-state index contributed by atoms with van der Waals surface area (Å²) >= 11 is 9.41. The van der Waals surface area contributed by atoms with E-state index in [1.807, 2.05) is 25.1 Å². The van der Waals surface area contributed by atoms with E-state index < -0.39 is 0 Å². The fourth-order valence-corrected chi connectivity index (χ4v) is 2.15. The van der Waals surface area contributed by atoms with Gasteiger partial charge in [0.05, 0.1) is 5.02 Å². The molecule has 0 fully saturated rings. The number of rotatable bonds is 3. The molecule has 0 saturated heterocycles. The lowest BCUT2D eigenvalue weighted by molar-refractivity contribution is 0.461. The summed E-state index contributed by atoms with van der Waals surface area (Å²) in [6, 6.07) is 9.02. The SMILES string of the molecule is CC(N)c1ccnc(Oc2ccc(Br)cc2Cl)c1. The molecular weight excluding hydrogens is 316 g/mol. The first-order valence-electron chi connectivity index (χ1n) is 5.40. The predicted octanol–water partition coefficient (Wildman–Crippen LogP) is 4.31. The molecule has 1 atom stereocenters. The Labute approximate surface area is 119 Å². The summed E-state index contributed by atoms with van der Waals surface area (Å²) in [6.45, 7) is 1.91. The highest BCUT2D eigenvalue weighted by Crippen LogP contribution is 2.31.